The fourth-order valence-electron chi connectivity index (χ4n) is 4.15. The lowest BCUT2D eigenvalue weighted by Crippen LogP contribution is -2.35. The van der Waals surface area contributed by atoms with Gasteiger partial charge in [0, 0.05) is 18.8 Å². The highest BCUT2D eigenvalue weighted by molar-refractivity contribution is 5.65. The van der Waals surface area contributed by atoms with Crippen molar-refractivity contribution in [3.05, 3.63) is 83.1 Å². The molecule has 0 amide bonds. The van der Waals surface area contributed by atoms with Crippen molar-refractivity contribution < 1.29 is 18.6 Å². The minimum atomic E-state index is -1.63. The Kier molecular flexibility index (Phi) is 5.45. The van der Waals surface area contributed by atoms with Crippen LogP contribution in [0.4, 0.5) is 8.78 Å². The van der Waals surface area contributed by atoms with Crippen molar-refractivity contribution >= 4 is 12.2 Å². The van der Waals surface area contributed by atoms with Gasteiger partial charge in [0.1, 0.15) is 22.9 Å². The molecule has 0 bridgehead atoms. The van der Waals surface area contributed by atoms with Crippen LogP contribution in [0.2, 0.25) is 0 Å². The first kappa shape index (κ1) is 21.9. The number of imidazole rings is 1. The lowest BCUT2D eigenvalue weighted by Gasteiger charge is -2.31. The van der Waals surface area contributed by atoms with Gasteiger partial charge in [-0.15, -0.1) is 0 Å². The summed E-state index contributed by atoms with van der Waals surface area (Å²) in [5, 5.41) is 15.8. The van der Waals surface area contributed by atoms with Crippen LogP contribution in [0, 0.1) is 18.6 Å². The van der Waals surface area contributed by atoms with E-state index in [-0.39, 0.29) is 17.8 Å². The fraction of sp³-hybridized carbons (Fsp3) is 0.250. The molecular weight excluding hydrogens is 442 g/mol. The van der Waals surface area contributed by atoms with E-state index in [9.17, 15) is 13.9 Å². The molecule has 0 unspecified atom stereocenters. The Balaban J connectivity index is 1.45. The molecule has 5 rings (SSSR count). The van der Waals surface area contributed by atoms with Gasteiger partial charge >= 0.3 is 0 Å². The third-order valence-corrected chi connectivity index (χ3v) is 5.75. The molecule has 34 heavy (non-hydrogen) atoms. The fourth-order valence-corrected chi connectivity index (χ4v) is 4.15. The molecule has 3 aromatic heterocycles. The molecule has 4 aromatic rings. The van der Waals surface area contributed by atoms with E-state index in [0.717, 1.165) is 29.6 Å². The van der Waals surface area contributed by atoms with Gasteiger partial charge in [0.15, 0.2) is 11.6 Å². The monoisotopic (exact) mass is 464 g/mol. The van der Waals surface area contributed by atoms with Crippen LogP contribution in [0.25, 0.3) is 17.8 Å². The number of aliphatic hydroxyl groups is 1. The molecule has 0 radical (unpaired) electrons. The van der Waals surface area contributed by atoms with Crippen molar-refractivity contribution in [2.24, 2.45) is 0 Å². The van der Waals surface area contributed by atoms with Crippen molar-refractivity contribution in [1.29, 1.82) is 0 Å². The predicted molar refractivity (Wildman–Crippen MR) is 120 cm³/mol. The molecule has 174 valence electrons. The molecule has 1 aliphatic heterocycles. The average Bonchev–Trinajstić information content (AvgIpc) is 3.44. The Morgan fingerprint density at radius 3 is 2.62 bits per heavy atom. The van der Waals surface area contributed by atoms with Gasteiger partial charge in [0.25, 0.3) is 0 Å². The number of rotatable bonds is 5. The molecule has 4 heterocycles. The summed E-state index contributed by atoms with van der Waals surface area (Å²) >= 11 is 0. The Morgan fingerprint density at radius 1 is 1.12 bits per heavy atom. The third kappa shape index (κ3) is 3.96. The molecule has 0 saturated heterocycles. The highest BCUT2D eigenvalue weighted by Crippen LogP contribution is 2.37. The summed E-state index contributed by atoms with van der Waals surface area (Å²) in [6.07, 6.45) is 7.83. The highest BCUT2D eigenvalue weighted by atomic mass is 19.1. The van der Waals surface area contributed by atoms with E-state index in [1.807, 2.05) is 29.8 Å². The molecule has 0 fully saturated rings. The average molecular weight is 464 g/mol. The van der Waals surface area contributed by atoms with Gasteiger partial charge in [-0.1, -0.05) is 0 Å². The number of aryl methyl sites for hydroxylation is 2. The second kappa shape index (κ2) is 8.45. The van der Waals surface area contributed by atoms with Gasteiger partial charge in [-0.25, -0.2) is 28.4 Å². The minimum Gasteiger partial charge on any atom is -0.479 e. The van der Waals surface area contributed by atoms with Crippen molar-refractivity contribution in [1.82, 2.24) is 29.3 Å². The zero-order valence-corrected chi connectivity index (χ0v) is 18.6. The Hall–Kier alpha value is -3.92. The van der Waals surface area contributed by atoms with E-state index in [4.69, 9.17) is 4.74 Å². The van der Waals surface area contributed by atoms with Gasteiger partial charge < -0.3 is 14.4 Å². The van der Waals surface area contributed by atoms with Crippen LogP contribution in [0.15, 0.2) is 42.9 Å². The summed E-state index contributed by atoms with van der Waals surface area (Å²) in [4.78, 5) is 13.2. The summed E-state index contributed by atoms with van der Waals surface area (Å²) in [6.45, 7) is 2.44. The molecular formula is C24H22F2N6O2. The largest absolute Gasteiger partial charge is 0.479 e. The first-order chi connectivity index (χ1) is 16.4. The molecule has 1 N–H and O–H groups in total. The maximum absolute atomic E-state index is 13.8. The van der Waals surface area contributed by atoms with E-state index >= 15 is 0 Å². The Morgan fingerprint density at radius 2 is 1.91 bits per heavy atom. The van der Waals surface area contributed by atoms with Crippen molar-refractivity contribution in [2.75, 3.05) is 7.11 Å². The number of hydrogen-bond donors (Lipinski definition) is 1. The number of hydrogen-bond acceptors (Lipinski definition) is 6. The molecule has 1 aliphatic rings. The van der Waals surface area contributed by atoms with E-state index < -0.39 is 17.2 Å². The third-order valence-electron chi connectivity index (χ3n) is 5.75. The number of fused-ring (bicyclic) bond motifs is 1. The summed E-state index contributed by atoms with van der Waals surface area (Å²) in [5.74, 6) is -0.481. The topological polar surface area (TPSA) is 90.9 Å². The highest BCUT2D eigenvalue weighted by Gasteiger charge is 2.40. The minimum absolute atomic E-state index is 0.116. The van der Waals surface area contributed by atoms with E-state index in [2.05, 4.69) is 20.1 Å². The van der Waals surface area contributed by atoms with Gasteiger partial charge in [-0.05, 0) is 61.7 Å². The van der Waals surface area contributed by atoms with Gasteiger partial charge in [-0.2, -0.15) is 5.10 Å². The maximum Gasteiger partial charge on any atom is 0.238 e. The van der Waals surface area contributed by atoms with Gasteiger partial charge in [0.05, 0.1) is 24.8 Å². The number of halogens is 2. The SMILES string of the molecule is COc1nc(/C=C/c2nc3n(n2)CCC[C@@]3(O)c2cc(F)cc(F)c2)ccc1-n1cnc(C)c1. The molecule has 0 spiro atoms. The number of pyridine rings is 1. The Labute approximate surface area is 194 Å². The van der Waals surface area contributed by atoms with Crippen molar-refractivity contribution in [2.45, 2.75) is 31.9 Å². The number of benzene rings is 1. The summed E-state index contributed by atoms with van der Waals surface area (Å²) in [5.41, 5.74) is 0.732. The molecule has 0 saturated carbocycles. The second-order valence-electron chi connectivity index (χ2n) is 8.16. The number of aromatic nitrogens is 6. The van der Waals surface area contributed by atoms with Crippen LogP contribution in [-0.4, -0.2) is 41.5 Å². The van der Waals surface area contributed by atoms with Crippen LogP contribution in [-0.2, 0) is 12.1 Å². The van der Waals surface area contributed by atoms with Crippen LogP contribution >= 0.6 is 0 Å². The maximum atomic E-state index is 13.8. The lowest BCUT2D eigenvalue weighted by atomic mass is 9.86. The normalized spacial score (nSPS) is 17.8. The smallest absolute Gasteiger partial charge is 0.238 e. The van der Waals surface area contributed by atoms with Gasteiger partial charge in [-0.3, -0.25) is 0 Å². The number of nitrogens with zero attached hydrogens (tertiary/aromatic N) is 6. The first-order valence-electron chi connectivity index (χ1n) is 10.7. The van der Waals surface area contributed by atoms with Crippen LogP contribution < -0.4 is 4.74 Å². The lowest BCUT2D eigenvalue weighted by molar-refractivity contribution is 0.0389. The number of ether oxygens (including phenoxy) is 1. The summed E-state index contributed by atoms with van der Waals surface area (Å²) < 4.78 is 36.5. The summed E-state index contributed by atoms with van der Waals surface area (Å²) in [6, 6.07) is 6.72. The molecule has 1 atom stereocenters. The zero-order chi connectivity index (χ0) is 23.9. The van der Waals surface area contributed by atoms with Crippen molar-refractivity contribution in [3.8, 4) is 11.6 Å². The molecule has 10 heteroatoms. The van der Waals surface area contributed by atoms with E-state index in [0.29, 0.717) is 30.4 Å². The predicted octanol–water partition coefficient (Wildman–Crippen LogP) is 3.65. The zero-order valence-electron chi connectivity index (χ0n) is 18.6. The Bertz CT molecular complexity index is 1380. The molecule has 8 nitrogen and oxygen atoms in total. The molecule has 1 aromatic carbocycles. The molecule has 0 aliphatic carbocycles. The first-order valence-corrected chi connectivity index (χ1v) is 10.7. The van der Waals surface area contributed by atoms with E-state index in [1.165, 1.54) is 0 Å². The second-order valence-corrected chi connectivity index (χ2v) is 8.16. The standard InChI is InChI=1S/C24H22F2N6O2/c1-15-13-31(14-27-15)20-6-4-19(28-22(20)34-2)5-7-21-29-23-24(33,8-3-9-32(23)30-21)16-10-17(25)12-18(26)11-16/h4-7,10-14,33H,3,8-9H2,1-2H3/b7-5+/t24-/m1/s1. The number of methoxy groups -OCH3 is 1. The van der Waals surface area contributed by atoms with Crippen molar-refractivity contribution in [3.63, 3.8) is 0 Å². The summed E-state index contributed by atoms with van der Waals surface area (Å²) in [7, 11) is 1.55. The van der Waals surface area contributed by atoms with Crippen LogP contribution in [0.3, 0.4) is 0 Å². The van der Waals surface area contributed by atoms with Crippen LogP contribution in [0.5, 0.6) is 5.88 Å². The van der Waals surface area contributed by atoms with Crippen LogP contribution in [0.1, 0.15) is 41.4 Å². The van der Waals surface area contributed by atoms with E-state index in [1.54, 1.807) is 30.3 Å². The quantitative estimate of drug-likeness (QED) is 0.485. The van der Waals surface area contributed by atoms with Gasteiger partial charge in [0.2, 0.25) is 5.88 Å².